The Morgan fingerprint density at radius 1 is 1.25 bits per heavy atom. The van der Waals surface area contributed by atoms with Crippen LogP contribution in [0.1, 0.15) is 45.4 Å². The van der Waals surface area contributed by atoms with Crippen LogP contribution >= 0.6 is 0 Å². The number of hydrogen-bond acceptors (Lipinski definition) is 4. The molecule has 0 aliphatic rings. The van der Waals surface area contributed by atoms with Gasteiger partial charge in [0.2, 0.25) is 0 Å². The second-order valence-corrected chi connectivity index (χ2v) is 4.63. The number of carbonyl (C=O) groups is 2. The fourth-order valence-corrected chi connectivity index (χ4v) is 2.27. The van der Waals surface area contributed by atoms with Gasteiger partial charge in [-0.2, -0.15) is 5.10 Å². The van der Waals surface area contributed by atoms with Crippen molar-refractivity contribution in [1.29, 1.82) is 0 Å². The van der Waals surface area contributed by atoms with Crippen LogP contribution in [0.15, 0.2) is 24.5 Å². The zero-order valence-electron chi connectivity index (χ0n) is 11.9. The third-order valence-electron chi connectivity index (χ3n) is 3.26. The summed E-state index contributed by atoms with van der Waals surface area (Å²) in [6.45, 7) is 6.32. The topological polar surface area (TPSA) is 64.8 Å². The molecule has 2 rings (SSSR count). The maximum atomic E-state index is 12.3. The van der Waals surface area contributed by atoms with Crippen LogP contribution in [0.4, 0.5) is 0 Å². The summed E-state index contributed by atoms with van der Waals surface area (Å²) in [6.07, 6.45) is 2.92. The standard InChI is InChI=1S/C15H17N3O2/c1-4-18-11(3)15(10(2)17-18)14(20)8-13(19)12-6-5-7-16-9-12/h5-7,9H,4,8H2,1-3H3. The van der Waals surface area contributed by atoms with Gasteiger partial charge in [0.1, 0.15) is 0 Å². The number of aromatic nitrogens is 3. The van der Waals surface area contributed by atoms with Gasteiger partial charge in [-0.3, -0.25) is 19.3 Å². The molecular weight excluding hydrogens is 254 g/mol. The van der Waals surface area contributed by atoms with E-state index >= 15 is 0 Å². The van der Waals surface area contributed by atoms with Gasteiger partial charge in [0, 0.05) is 30.2 Å². The van der Waals surface area contributed by atoms with E-state index in [-0.39, 0.29) is 18.0 Å². The summed E-state index contributed by atoms with van der Waals surface area (Å²) in [5.41, 5.74) is 2.51. The number of rotatable bonds is 5. The van der Waals surface area contributed by atoms with Crippen LogP contribution in [0.2, 0.25) is 0 Å². The van der Waals surface area contributed by atoms with Gasteiger partial charge in [-0.15, -0.1) is 0 Å². The SMILES string of the molecule is CCn1nc(C)c(C(=O)CC(=O)c2cccnc2)c1C. The van der Waals surface area contributed by atoms with Gasteiger partial charge in [-0.25, -0.2) is 0 Å². The Morgan fingerprint density at radius 2 is 2.00 bits per heavy atom. The number of carbonyl (C=O) groups excluding carboxylic acids is 2. The Labute approximate surface area is 117 Å². The largest absolute Gasteiger partial charge is 0.294 e. The molecule has 0 radical (unpaired) electrons. The van der Waals surface area contributed by atoms with Crippen molar-refractivity contribution in [2.75, 3.05) is 0 Å². The minimum Gasteiger partial charge on any atom is -0.294 e. The van der Waals surface area contributed by atoms with Crippen LogP contribution in [0, 0.1) is 13.8 Å². The molecule has 0 spiro atoms. The Morgan fingerprint density at radius 3 is 2.55 bits per heavy atom. The van der Waals surface area contributed by atoms with Crippen LogP contribution in [0.5, 0.6) is 0 Å². The Hall–Kier alpha value is -2.30. The number of hydrogen-bond donors (Lipinski definition) is 0. The molecule has 0 amide bonds. The summed E-state index contributed by atoms with van der Waals surface area (Å²) in [7, 11) is 0. The number of ketones is 2. The second-order valence-electron chi connectivity index (χ2n) is 4.63. The van der Waals surface area contributed by atoms with E-state index in [0.29, 0.717) is 23.4 Å². The lowest BCUT2D eigenvalue weighted by molar-refractivity contribution is 0.0893. The van der Waals surface area contributed by atoms with Crippen molar-refractivity contribution in [3.63, 3.8) is 0 Å². The average Bonchev–Trinajstić information content (AvgIpc) is 2.74. The zero-order chi connectivity index (χ0) is 14.7. The fourth-order valence-electron chi connectivity index (χ4n) is 2.27. The van der Waals surface area contributed by atoms with Crippen LogP contribution in [0.25, 0.3) is 0 Å². The fraction of sp³-hybridized carbons (Fsp3) is 0.333. The number of Topliss-reactive ketones (excluding diaryl/α,β-unsaturated/α-hetero) is 2. The number of nitrogens with zero attached hydrogens (tertiary/aromatic N) is 3. The summed E-state index contributed by atoms with van der Waals surface area (Å²) >= 11 is 0. The minimum atomic E-state index is -0.217. The number of aryl methyl sites for hydroxylation is 2. The average molecular weight is 271 g/mol. The van der Waals surface area contributed by atoms with E-state index in [1.54, 1.807) is 29.9 Å². The summed E-state index contributed by atoms with van der Waals surface area (Å²) < 4.78 is 1.77. The summed E-state index contributed by atoms with van der Waals surface area (Å²) in [6, 6.07) is 3.35. The molecule has 0 atom stereocenters. The highest BCUT2D eigenvalue weighted by atomic mass is 16.1. The van der Waals surface area contributed by atoms with E-state index in [0.717, 1.165) is 5.69 Å². The summed E-state index contributed by atoms with van der Waals surface area (Å²) in [5.74, 6) is -0.403. The van der Waals surface area contributed by atoms with Crippen LogP contribution < -0.4 is 0 Å². The molecule has 2 aromatic heterocycles. The molecule has 2 heterocycles. The van der Waals surface area contributed by atoms with Gasteiger partial charge in [0.05, 0.1) is 17.7 Å². The van der Waals surface area contributed by atoms with E-state index in [1.807, 2.05) is 13.8 Å². The van der Waals surface area contributed by atoms with E-state index in [4.69, 9.17) is 0 Å². The van der Waals surface area contributed by atoms with Crippen molar-refractivity contribution < 1.29 is 9.59 Å². The molecule has 0 saturated heterocycles. The molecule has 0 unspecified atom stereocenters. The zero-order valence-corrected chi connectivity index (χ0v) is 11.9. The molecule has 0 aliphatic carbocycles. The van der Waals surface area contributed by atoms with E-state index in [1.165, 1.54) is 6.20 Å². The Kier molecular flexibility index (Phi) is 4.08. The predicted octanol–water partition coefficient (Wildman–Crippen LogP) is 2.37. The molecule has 0 N–H and O–H groups in total. The molecule has 0 saturated carbocycles. The molecule has 5 heteroatoms. The highest BCUT2D eigenvalue weighted by Crippen LogP contribution is 2.16. The summed E-state index contributed by atoms with van der Waals surface area (Å²) in [4.78, 5) is 28.2. The minimum absolute atomic E-state index is 0.150. The second kappa shape index (κ2) is 5.77. The molecule has 5 nitrogen and oxygen atoms in total. The van der Waals surface area contributed by atoms with Crippen molar-refractivity contribution >= 4 is 11.6 Å². The smallest absolute Gasteiger partial charge is 0.174 e. The first-order valence-electron chi connectivity index (χ1n) is 6.55. The van der Waals surface area contributed by atoms with Crippen LogP contribution in [0.3, 0.4) is 0 Å². The first kappa shape index (κ1) is 14.1. The third-order valence-corrected chi connectivity index (χ3v) is 3.26. The molecule has 0 fully saturated rings. The molecule has 0 aliphatic heterocycles. The normalized spacial score (nSPS) is 10.6. The molecule has 20 heavy (non-hydrogen) atoms. The van der Waals surface area contributed by atoms with E-state index < -0.39 is 0 Å². The monoisotopic (exact) mass is 271 g/mol. The lowest BCUT2D eigenvalue weighted by Crippen LogP contribution is -2.11. The first-order chi connectivity index (χ1) is 9.54. The lowest BCUT2D eigenvalue weighted by Gasteiger charge is -2.02. The maximum Gasteiger partial charge on any atom is 0.174 e. The highest BCUT2D eigenvalue weighted by molar-refractivity contribution is 6.14. The number of pyridine rings is 1. The lowest BCUT2D eigenvalue weighted by atomic mass is 10.0. The quantitative estimate of drug-likeness (QED) is 0.618. The van der Waals surface area contributed by atoms with Crippen LogP contribution in [-0.4, -0.2) is 26.3 Å². The highest BCUT2D eigenvalue weighted by Gasteiger charge is 2.21. The molecule has 0 aromatic carbocycles. The van der Waals surface area contributed by atoms with Gasteiger partial charge >= 0.3 is 0 Å². The predicted molar refractivity (Wildman–Crippen MR) is 74.9 cm³/mol. The van der Waals surface area contributed by atoms with E-state index in [9.17, 15) is 9.59 Å². The van der Waals surface area contributed by atoms with Gasteiger partial charge in [0.25, 0.3) is 0 Å². The molecule has 0 bridgehead atoms. The van der Waals surface area contributed by atoms with Crippen molar-refractivity contribution in [2.45, 2.75) is 33.7 Å². The summed E-state index contributed by atoms with van der Waals surface area (Å²) in [5, 5.41) is 4.30. The molecule has 2 aromatic rings. The maximum absolute atomic E-state index is 12.3. The van der Waals surface area contributed by atoms with Crippen molar-refractivity contribution in [2.24, 2.45) is 0 Å². The molecule has 104 valence electrons. The van der Waals surface area contributed by atoms with Gasteiger partial charge < -0.3 is 0 Å². The van der Waals surface area contributed by atoms with Crippen molar-refractivity contribution in [3.8, 4) is 0 Å². The van der Waals surface area contributed by atoms with Crippen molar-refractivity contribution in [1.82, 2.24) is 14.8 Å². The Balaban J connectivity index is 2.21. The van der Waals surface area contributed by atoms with Gasteiger partial charge in [-0.1, -0.05) is 0 Å². The van der Waals surface area contributed by atoms with Crippen LogP contribution in [-0.2, 0) is 6.54 Å². The molecular formula is C15H17N3O2. The van der Waals surface area contributed by atoms with E-state index in [2.05, 4.69) is 10.1 Å². The Bertz CT molecular complexity index is 645. The van der Waals surface area contributed by atoms with Crippen molar-refractivity contribution in [3.05, 3.63) is 47.0 Å². The first-order valence-corrected chi connectivity index (χ1v) is 6.55. The van der Waals surface area contributed by atoms with Gasteiger partial charge in [0.15, 0.2) is 11.6 Å². The van der Waals surface area contributed by atoms with Gasteiger partial charge in [-0.05, 0) is 32.9 Å². The third kappa shape index (κ3) is 2.66.